The third kappa shape index (κ3) is 2.81. The van der Waals surface area contributed by atoms with Gasteiger partial charge in [0.05, 0.1) is 7.11 Å². The van der Waals surface area contributed by atoms with E-state index >= 15 is 0 Å². The summed E-state index contributed by atoms with van der Waals surface area (Å²) < 4.78 is 4.58. The number of esters is 1. The molecule has 4 nitrogen and oxygen atoms in total. The third-order valence-corrected chi connectivity index (χ3v) is 4.57. The van der Waals surface area contributed by atoms with Crippen molar-refractivity contribution in [3.8, 4) is 0 Å². The fourth-order valence-electron chi connectivity index (χ4n) is 2.90. The first-order valence-electron chi connectivity index (χ1n) is 6.14. The van der Waals surface area contributed by atoms with Crippen LogP contribution in [-0.2, 0) is 14.3 Å². The van der Waals surface area contributed by atoms with Crippen molar-refractivity contribution in [2.45, 2.75) is 30.5 Å². The number of nitrogens with one attached hydrogen (secondary N) is 1. The van der Waals surface area contributed by atoms with Gasteiger partial charge >= 0.3 is 5.97 Å². The predicted molar refractivity (Wildman–Crippen MR) is 66.7 cm³/mol. The van der Waals surface area contributed by atoms with Gasteiger partial charge in [-0.2, -0.15) is 0 Å². The molecule has 0 aromatic carbocycles. The number of methoxy groups -OCH3 is 1. The van der Waals surface area contributed by atoms with E-state index in [0.29, 0.717) is 18.4 Å². The van der Waals surface area contributed by atoms with Gasteiger partial charge in [-0.3, -0.25) is 9.59 Å². The molecule has 0 aromatic heterocycles. The predicted octanol–water partition coefficient (Wildman–Crippen LogP) is 1.48. The summed E-state index contributed by atoms with van der Waals surface area (Å²) in [4.78, 5) is 22.6. The molecule has 1 N–H and O–H groups in total. The monoisotopic (exact) mass is 303 g/mol. The number of fused-ring (bicyclic) bond motifs is 1. The molecule has 17 heavy (non-hydrogen) atoms. The Labute approximate surface area is 110 Å². The molecule has 2 aliphatic carbocycles. The summed E-state index contributed by atoms with van der Waals surface area (Å²) in [5.74, 6) is 1.18. The maximum absolute atomic E-state index is 11.9. The zero-order chi connectivity index (χ0) is 12.4. The van der Waals surface area contributed by atoms with Crippen molar-refractivity contribution in [3.63, 3.8) is 0 Å². The SMILES string of the molecule is COC(=O)C(Br)CNC(=O)C1C2CCCCC21. The molecule has 96 valence electrons. The average Bonchev–Trinajstić information content (AvgIpc) is 3.08. The summed E-state index contributed by atoms with van der Waals surface area (Å²) in [5.41, 5.74) is 0. The molecule has 3 unspecified atom stereocenters. The number of carbonyl (C=O) groups is 2. The van der Waals surface area contributed by atoms with Crippen LogP contribution in [0.5, 0.6) is 0 Å². The van der Waals surface area contributed by atoms with Gasteiger partial charge in [0.2, 0.25) is 5.91 Å². The van der Waals surface area contributed by atoms with Crippen molar-refractivity contribution >= 4 is 27.8 Å². The van der Waals surface area contributed by atoms with Gasteiger partial charge < -0.3 is 10.1 Å². The van der Waals surface area contributed by atoms with Crippen molar-refractivity contribution in [2.24, 2.45) is 17.8 Å². The molecule has 0 saturated heterocycles. The number of alkyl halides is 1. The number of ether oxygens (including phenoxy) is 1. The van der Waals surface area contributed by atoms with E-state index in [0.717, 1.165) is 0 Å². The summed E-state index contributed by atoms with van der Waals surface area (Å²) in [6, 6.07) is 0. The van der Waals surface area contributed by atoms with Crippen LogP contribution in [0.2, 0.25) is 0 Å². The van der Waals surface area contributed by atoms with E-state index in [1.54, 1.807) is 0 Å². The fourth-order valence-corrected chi connectivity index (χ4v) is 3.25. The van der Waals surface area contributed by atoms with Crippen LogP contribution < -0.4 is 5.32 Å². The Morgan fingerprint density at radius 3 is 2.47 bits per heavy atom. The average molecular weight is 304 g/mol. The van der Waals surface area contributed by atoms with Gasteiger partial charge in [-0.15, -0.1) is 0 Å². The lowest BCUT2D eigenvalue weighted by Crippen LogP contribution is -2.35. The first-order chi connectivity index (χ1) is 8.15. The highest BCUT2D eigenvalue weighted by Gasteiger charge is 2.54. The molecule has 2 saturated carbocycles. The minimum atomic E-state index is -0.447. The van der Waals surface area contributed by atoms with E-state index in [-0.39, 0.29) is 17.8 Å². The third-order valence-electron chi connectivity index (χ3n) is 3.87. The fraction of sp³-hybridized carbons (Fsp3) is 0.833. The van der Waals surface area contributed by atoms with Crippen molar-refractivity contribution in [2.75, 3.05) is 13.7 Å². The second-order valence-corrected chi connectivity index (χ2v) is 5.98. The Kier molecular flexibility index (Phi) is 4.07. The quantitative estimate of drug-likeness (QED) is 0.632. The summed E-state index contributed by atoms with van der Waals surface area (Å²) in [7, 11) is 1.34. The van der Waals surface area contributed by atoms with Crippen LogP contribution in [0.1, 0.15) is 25.7 Å². The Hall–Kier alpha value is -0.580. The van der Waals surface area contributed by atoms with E-state index in [1.807, 2.05) is 0 Å². The first kappa shape index (κ1) is 12.9. The van der Waals surface area contributed by atoms with Crippen LogP contribution in [-0.4, -0.2) is 30.4 Å². The molecular weight excluding hydrogens is 286 g/mol. The first-order valence-corrected chi connectivity index (χ1v) is 7.06. The Bertz CT molecular complexity index is 309. The topological polar surface area (TPSA) is 55.4 Å². The summed E-state index contributed by atoms with van der Waals surface area (Å²) in [6.45, 7) is 0.307. The van der Waals surface area contributed by atoms with Gasteiger partial charge in [0, 0.05) is 12.5 Å². The van der Waals surface area contributed by atoms with E-state index in [4.69, 9.17) is 0 Å². The lowest BCUT2D eigenvalue weighted by molar-refractivity contribution is -0.139. The maximum Gasteiger partial charge on any atom is 0.321 e. The highest BCUT2D eigenvalue weighted by Crippen LogP contribution is 2.55. The molecule has 0 aliphatic heterocycles. The van der Waals surface area contributed by atoms with Crippen LogP contribution in [0.25, 0.3) is 0 Å². The summed E-state index contributed by atoms with van der Waals surface area (Å²) in [5, 5.41) is 2.83. The Morgan fingerprint density at radius 2 is 1.94 bits per heavy atom. The van der Waals surface area contributed by atoms with Gasteiger partial charge in [-0.1, -0.05) is 28.8 Å². The molecule has 0 radical (unpaired) electrons. The molecule has 0 bridgehead atoms. The second-order valence-electron chi connectivity index (χ2n) is 4.87. The smallest absolute Gasteiger partial charge is 0.321 e. The number of amides is 1. The minimum Gasteiger partial charge on any atom is -0.468 e. The van der Waals surface area contributed by atoms with Crippen LogP contribution in [0.3, 0.4) is 0 Å². The van der Waals surface area contributed by atoms with E-state index < -0.39 is 4.83 Å². The van der Waals surface area contributed by atoms with Gasteiger partial charge in [0.25, 0.3) is 0 Å². The lowest BCUT2D eigenvalue weighted by atomic mass is 10.0. The lowest BCUT2D eigenvalue weighted by Gasteiger charge is -2.09. The van der Waals surface area contributed by atoms with Crippen LogP contribution in [0.4, 0.5) is 0 Å². The van der Waals surface area contributed by atoms with Crippen LogP contribution >= 0.6 is 15.9 Å². The number of carbonyl (C=O) groups excluding carboxylic acids is 2. The molecule has 2 aliphatic rings. The molecule has 5 heteroatoms. The van der Waals surface area contributed by atoms with Crippen molar-refractivity contribution in [1.82, 2.24) is 5.32 Å². The Balaban J connectivity index is 1.73. The molecule has 3 atom stereocenters. The normalized spacial score (nSPS) is 32.2. The molecular formula is C12H18BrNO3. The second kappa shape index (κ2) is 5.38. The van der Waals surface area contributed by atoms with Gasteiger partial charge in [-0.25, -0.2) is 0 Å². The number of hydrogen-bond acceptors (Lipinski definition) is 3. The van der Waals surface area contributed by atoms with E-state index in [1.165, 1.54) is 32.8 Å². The largest absolute Gasteiger partial charge is 0.468 e. The molecule has 0 spiro atoms. The van der Waals surface area contributed by atoms with Crippen molar-refractivity contribution in [1.29, 1.82) is 0 Å². The van der Waals surface area contributed by atoms with Gasteiger partial charge in [0.1, 0.15) is 4.83 Å². The summed E-state index contributed by atoms with van der Waals surface area (Å²) >= 11 is 3.19. The van der Waals surface area contributed by atoms with Crippen LogP contribution in [0, 0.1) is 17.8 Å². The maximum atomic E-state index is 11.9. The van der Waals surface area contributed by atoms with Gasteiger partial charge in [-0.05, 0) is 24.7 Å². The van der Waals surface area contributed by atoms with Crippen molar-refractivity contribution < 1.29 is 14.3 Å². The molecule has 2 rings (SSSR count). The zero-order valence-corrected chi connectivity index (χ0v) is 11.5. The highest BCUT2D eigenvalue weighted by molar-refractivity contribution is 9.10. The number of halogens is 1. The number of rotatable bonds is 4. The van der Waals surface area contributed by atoms with Gasteiger partial charge in [0.15, 0.2) is 0 Å². The van der Waals surface area contributed by atoms with Crippen molar-refractivity contribution in [3.05, 3.63) is 0 Å². The molecule has 0 aromatic rings. The van der Waals surface area contributed by atoms with Crippen LogP contribution in [0.15, 0.2) is 0 Å². The minimum absolute atomic E-state index is 0.107. The molecule has 2 fully saturated rings. The van der Waals surface area contributed by atoms with E-state index in [2.05, 4.69) is 26.0 Å². The standard InChI is InChI=1S/C12H18BrNO3/c1-17-12(16)9(13)6-14-11(15)10-7-4-2-3-5-8(7)10/h7-10H,2-6H2,1H3,(H,14,15). The summed E-state index contributed by atoms with van der Waals surface area (Å²) in [6.07, 6.45) is 4.90. The number of hydrogen-bond donors (Lipinski definition) is 1. The molecule has 0 heterocycles. The Morgan fingerprint density at radius 1 is 1.35 bits per heavy atom. The molecule has 1 amide bonds. The van der Waals surface area contributed by atoms with E-state index in [9.17, 15) is 9.59 Å². The zero-order valence-electron chi connectivity index (χ0n) is 9.95. The highest BCUT2D eigenvalue weighted by atomic mass is 79.9.